The van der Waals surface area contributed by atoms with Crippen LogP contribution in [0.1, 0.15) is 12.5 Å². The standard InChI is InChI=1S/C11H16N2O4/c1-3-16-10-6-8(11(12)13-14)4-5-9(10)17-7-15-2/h4-6,14H,3,7H2,1-2H3,(H2,12,13). The molecule has 0 saturated heterocycles. The maximum absolute atomic E-state index is 8.59. The van der Waals surface area contributed by atoms with E-state index < -0.39 is 0 Å². The quantitative estimate of drug-likeness (QED) is 0.256. The summed E-state index contributed by atoms with van der Waals surface area (Å²) in [6, 6.07) is 4.99. The molecule has 0 saturated carbocycles. The average Bonchev–Trinajstić information content (AvgIpc) is 2.36. The molecule has 0 bridgehead atoms. The van der Waals surface area contributed by atoms with Gasteiger partial charge in [-0.3, -0.25) is 0 Å². The Bertz CT molecular complexity index is 393. The molecule has 0 atom stereocenters. The van der Waals surface area contributed by atoms with Gasteiger partial charge in [-0.25, -0.2) is 0 Å². The van der Waals surface area contributed by atoms with Gasteiger partial charge < -0.3 is 25.2 Å². The minimum atomic E-state index is 0.0178. The molecule has 0 spiro atoms. The molecular formula is C11H16N2O4. The fourth-order valence-corrected chi connectivity index (χ4v) is 1.24. The Hall–Kier alpha value is -1.95. The number of hydrogen-bond donors (Lipinski definition) is 2. The first-order valence-corrected chi connectivity index (χ1v) is 5.09. The van der Waals surface area contributed by atoms with Gasteiger partial charge in [-0.15, -0.1) is 0 Å². The molecule has 6 nitrogen and oxygen atoms in total. The molecule has 17 heavy (non-hydrogen) atoms. The van der Waals surface area contributed by atoms with Crippen LogP contribution in [0.25, 0.3) is 0 Å². The zero-order valence-electron chi connectivity index (χ0n) is 9.84. The van der Waals surface area contributed by atoms with Crippen molar-refractivity contribution in [2.24, 2.45) is 10.9 Å². The molecule has 1 aromatic carbocycles. The van der Waals surface area contributed by atoms with Crippen LogP contribution in [0.3, 0.4) is 0 Å². The molecular weight excluding hydrogens is 224 g/mol. The second kappa shape index (κ2) is 6.59. The molecule has 0 heterocycles. The molecule has 0 unspecified atom stereocenters. The Morgan fingerprint density at radius 3 is 2.71 bits per heavy atom. The van der Waals surface area contributed by atoms with Gasteiger partial charge in [0.15, 0.2) is 24.1 Å². The number of nitrogens with two attached hydrogens (primary N) is 1. The van der Waals surface area contributed by atoms with E-state index in [1.165, 1.54) is 7.11 Å². The van der Waals surface area contributed by atoms with Crippen molar-refractivity contribution in [2.45, 2.75) is 6.92 Å². The lowest BCUT2D eigenvalue weighted by Crippen LogP contribution is -2.13. The van der Waals surface area contributed by atoms with Crippen LogP contribution >= 0.6 is 0 Å². The lowest BCUT2D eigenvalue weighted by atomic mass is 10.2. The van der Waals surface area contributed by atoms with E-state index in [2.05, 4.69) is 5.16 Å². The van der Waals surface area contributed by atoms with Crippen LogP contribution in [-0.2, 0) is 4.74 Å². The second-order valence-electron chi connectivity index (χ2n) is 3.13. The smallest absolute Gasteiger partial charge is 0.188 e. The van der Waals surface area contributed by atoms with E-state index in [9.17, 15) is 0 Å². The molecule has 1 aromatic rings. The molecule has 0 fully saturated rings. The van der Waals surface area contributed by atoms with Crippen molar-refractivity contribution in [2.75, 3.05) is 20.5 Å². The predicted octanol–water partition coefficient (Wildman–Crippen LogP) is 1.16. The summed E-state index contributed by atoms with van der Waals surface area (Å²) < 4.78 is 15.5. The third-order valence-electron chi connectivity index (χ3n) is 1.98. The number of rotatable bonds is 6. The van der Waals surface area contributed by atoms with Crippen LogP contribution in [-0.4, -0.2) is 31.6 Å². The summed E-state index contributed by atoms with van der Waals surface area (Å²) in [7, 11) is 1.53. The van der Waals surface area contributed by atoms with E-state index in [0.29, 0.717) is 23.7 Å². The summed E-state index contributed by atoms with van der Waals surface area (Å²) in [4.78, 5) is 0. The highest BCUT2D eigenvalue weighted by molar-refractivity contribution is 5.97. The van der Waals surface area contributed by atoms with Gasteiger partial charge in [-0.05, 0) is 25.1 Å². The number of hydrogen-bond acceptors (Lipinski definition) is 5. The zero-order valence-corrected chi connectivity index (χ0v) is 9.84. The molecule has 6 heteroatoms. The molecule has 0 amide bonds. The lowest BCUT2D eigenvalue weighted by molar-refractivity contribution is 0.0487. The molecule has 3 N–H and O–H groups in total. The Kier molecular flexibility index (Phi) is 5.09. The summed E-state index contributed by atoms with van der Waals surface area (Å²) in [6.07, 6.45) is 0. The van der Waals surface area contributed by atoms with E-state index >= 15 is 0 Å². The van der Waals surface area contributed by atoms with E-state index in [4.69, 9.17) is 25.2 Å². The maximum atomic E-state index is 8.59. The molecule has 94 valence electrons. The van der Waals surface area contributed by atoms with Gasteiger partial charge in [0.2, 0.25) is 0 Å². The summed E-state index contributed by atoms with van der Waals surface area (Å²) in [5.41, 5.74) is 6.04. The summed E-state index contributed by atoms with van der Waals surface area (Å²) in [6.45, 7) is 2.47. The van der Waals surface area contributed by atoms with Gasteiger partial charge >= 0.3 is 0 Å². The molecule has 0 radical (unpaired) electrons. The minimum absolute atomic E-state index is 0.0178. The van der Waals surface area contributed by atoms with Gasteiger partial charge in [-0.2, -0.15) is 0 Å². The highest BCUT2D eigenvalue weighted by atomic mass is 16.7. The highest BCUT2D eigenvalue weighted by Gasteiger charge is 2.08. The summed E-state index contributed by atoms with van der Waals surface area (Å²) in [5.74, 6) is 1.08. The number of nitrogens with zero attached hydrogens (tertiary/aromatic N) is 1. The van der Waals surface area contributed by atoms with E-state index in [1.54, 1.807) is 18.2 Å². The van der Waals surface area contributed by atoms with Crippen LogP contribution in [0.15, 0.2) is 23.4 Å². The van der Waals surface area contributed by atoms with Crippen LogP contribution in [0, 0.1) is 0 Å². The first kappa shape index (κ1) is 13.1. The SMILES string of the molecule is CCOc1cc(C(N)=NO)ccc1OCOC. The topological polar surface area (TPSA) is 86.3 Å². The van der Waals surface area contributed by atoms with Crippen LogP contribution < -0.4 is 15.2 Å². The third kappa shape index (κ3) is 3.53. The van der Waals surface area contributed by atoms with Crippen molar-refractivity contribution in [3.8, 4) is 11.5 Å². The Morgan fingerprint density at radius 2 is 2.12 bits per heavy atom. The lowest BCUT2D eigenvalue weighted by Gasteiger charge is -2.12. The largest absolute Gasteiger partial charge is 0.490 e. The maximum Gasteiger partial charge on any atom is 0.188 e. The Labute approximate surface area is 99.6 Å². The van der Waals surface area contributed by atoms with Crippen LogP contribution in [0.2, 0.25) is 0 Å². The van der Waals surface area contributed by atoms with Crippen molar-refractivity contribution < 1.29 is 19.4 Å². The average molecular weight is 240 g/mol. The normalized spacial score (nSPS) is 11.3. The number of benzene rings is 1. The fourth-order valence-electron chi connectivity index (χ4n) is 1.24. The summed E-state index contributed by atoms with van der Waals surface area (Å²) >= 11 is 0. The summed E-state index contributed by atoms with van der Waals surface area (Å²) in [5, 5.41) is 11.5. The van der Waals surface area contributed by atoms with E-state index in [1.807, 2.05) is 6.92 Å². The Balaban J connectivity index is 2.99. The van der Waals surface area contributed by atoms with E-state index in [0.717, 1.165) is 0 Å². The van der Waals surface area contributed by atoms with Gasteiger partial charge in [0, 0.05) is 12.7 Å². The monoisotopic (exact) mass is 240 g/mol. The first-order chi connectivity index (χ1) is 8.22. The van der Waals surface area contributed by atoms with Gasteiger partial charge in [0.05, 0.1) is 6.61 Å². The van der Waals surface area contributed by atoms with E-state index in [-0.39, 0.29) is 12.6 Å². The van der Waals surface area contributed by atoms with Crippen molar-refractivity contribution in [1.82, 2.24) is 0 Å². The molecule has 0 aliphatic rings. The number of ether oxygens (including phenoxy) is 3. The second-order valence-corrected chi connectivity index (χ2v) is 3.13. The number of amidine groups is 1. The number of oxime groups is 1. The van der Waals surface area contributed by atoms with Gasteiger partial charge in [-0.1, -0.05) is 5.16 Å². The first-order valence-electron chi connectivity index (χ1n) is 5.09. The zero-order chi connectivity index (χ0) is 12.7. The fraction of sp³-hybridized carbons (Fsp3) is 0.364. The van der Waals surface area contributed by atoms with Crippen molar-refractivity contribution >= 4 is 5.84 Å². The van der Waals surface area contributed by atoms with Crippen molar-refractivity contribution in [1.29, 1.82) is 0 Å². The third-order valence-corrected chi connectivity index (χ3v) is 1.98. The van der Waals surface area contributed by atoms with Gasteiger partial charge in [0.1, 0.15) is 0 Å². The molecule has 1 rings (SSSR count). The predicted molar refractivity (Wildman–Crippen MR) is 62.6 cm³/mol. The van der Waals surface area contributed by atoms with Crippen LogP contribution in [0.4, 0.5) is 0 Å². The van der Waals surface area contributed by atoms with Crippen molar-refractivity contribution in [3.63, 3.8) is 0 Å². The Morgan fingerprint density at radius 1 is 1.35 bits per heavy atom. The van der Waals surface area contributed by atoms with Crippen LogP contribution in [0.5, 0.6) is 11.5 Å². The minimum Gasteiger partial charge on any atom is -0.490 e. The number of methoxy groups -OCH3 is 1. The molecule has 0 aliphatic carbocycles. The molecule has 0 aliphatic heterocycles. The highest BCUT2D eigenvalue weighted by Crippen LogP contribution is 2.28. The van der Waals surface area contributed by atoms with Crippen molar-refractivity contribution in [3.05, 3.63) is 23.8 Å². The molecule has 0 aromatic heterocycles. The van der Waals surface area contributed by atoms with Gasteiger partial charge in [0.25, 0.3) is 0 Å².